The summed E-state index contributed by atoms with van der Waals surface area (Å²) in [6.07, 6.45) is 1.85. The van der Waals surface area contributed by atoms with Crippen LogP contribution in [-0.4, -0.2) is 25.0 Å². The van der Waals surface area contributed by atoms with Crippen LogP contribution in [0, 0.1) is 19.8 Å². The van der Waals surface area contributed by atoms with Gasteiger partial charge in [0, 0.05) is 46.2 Å². The summed E-state index contributed by atoms with van der Waals surface area (Å²) in [5, 5.41) is 3.59. The Morgan fingerprint density at radius 1 is 0.971 bits per heavy atom. The SMILES string of the molecule is Cc1ccccc1C(=O)Nc1ccc(C(=O)N2CC[C@@H]3CCO[C@H]3c3cc(Cl)ccc32)c(C)c1. The molecule has 3 aromatic carbocycles. The predicted octanol–water partition coefficient (Wildman–Crippen LogP) is 6.34. The number of carbonyl (C=O) groups excluding carboxylic acids is 2. The smallest absolute Gasteiger partial charge is 0.258 e. The third-order valence-electron chi connectivity index (χ3n) is 6.87. The molecule has 0 radical (unpaired) electrons. The molecule has 2 heterocycles. The van der Waals surface area contributed by atoms with Gasteiger partial charge >= 0.3 is 0 Å². The molecule has 1 saturated heterocycles. The zero-order valence-corrected chi connectivity index (χ0v) is 20.1. The lowest BCUT2D eigenvalue weighted by Gasteiger charge is -2.25. The summed E-state index contributed by atoms with van der Waals surface area (Å²) >= 11 is 6.31. The van der Waals surface area contributed by atoms with E-state index < -0.39 is 0 Å². The Labute approximate surface area is 204 Å². The van der Waals surface area contributed by atoms with Gasteiger partial charge in [0.1, 0.15) is 0 Å². The van der Waals surface area contributed by atoms with Crippen molar-refractivity contribution in [3.05, 3.63) is 93.5 Å². The van der Waals surface area contributed by atoms with Gasteiger partial charge in [-0.3, -0.25) is 9.59 Å². The van der Waals surface area contributed by atoms with E-state index >= 15 is 0 Å². The Kier molecular flexibility index (Phi) is 6.15. The minimum absolute atomic E-state index is 0.0216. The first-order valence-electron chi connectivity index (χ1n) is 11.6. The number of carbonyl (C=O) groups is 2. The minimum atomic E-state index is -0.165. The van der Waals surface area contributed by atoms with Crippen molar-refractivity contribution in [3.8, 4) is 0 Å². The van der Waals surface area contributed by atoms with E-state index in [0.29, 0.717) is 34.3 Å². The third kappa shape index (κ3) is 4.22. The fraction of sp³-hybridized carbons (Fsp3) is 0.286. The van der Waals surface area contributed by atoms with Crippen LogP contribution >= 0.6 is 11.6 Å². The van der Waals surface area contributed by atoms with Crippen molar-refractivity contribution in [2.75, 3.05) is 23.4 Å². The van der Waals surface area contributed by atoms with E-state index in [1.54, 1.807) is 18.2 Å². The van der Waals surface area contributed by atoms with Crippen LogP contribution in [0.1, 0.15) is 56.4 Å². The highest BCUT2D eigenvalue weighted by molar-refractivity contribution is 6.30. The van der Waals surface area contributed by atoms with Gasteiger partial charge in [-0.2, -0.15) is 0 Å². The second-order valence-electron chi connectivity index (χ2n) is 9.09. The molecule has 34 heavy (non-hydrogen) atoms. The summed E-state index contributed by atoms with van der Waals surface area (Å²) in [6, 6.07) is 18.6. The summed E-state index contributed by atoms with van der Waals surface area (Å²) in [6.45, 7) is 5.18. The van der Waals surface area contributed by atoms with Crippen LogP contribution < -0.4 is 10.2 Å². The number of amides is 2. The van der Waals surface area contributed by atoms with Gasteiger partial charge in [-0.15, -0.1) is 0 Å². The quantitative estimate of drug-likeness (QED) is 0.482. The van der Waals surface area contributed by atoms with Crippen LogP contribution in [0.5, 0.6) is 0 Å². The van der Waals surface area contributed by atoms with Gasteiger partial charge in [0.2, 0.25) is 0 Å². The highest BCUT2D eigenvalue weighted by atomic mass is 35.5. The number of hydrogen-bond donors (Lipinski definition) is 1. The Morgan fingerprint density at radius 3 is 2.59 bits per heavy atom. The number of benzene rings is 3. The van der Waals surface area contributed by atoms with E-state index in [0.717, 1.165) is 41.8 Å². The summed E-state index contributed by atoms with van der Waals surface area (Å²) in [5.41, 5.74) is 5.48. The van der Waals surface area contributed by atoms with Crippen molar-refractivity contribution >= 4 is 34.8 Å². The molecule has 0 aromatic heterocycles. The number of fused-ring (bicyclic) bond motifs is 3. The fourth-order valence-corrected chi connectivity index (χ4v) is 5.23. The first kappa shape index (κ1) is 22.6. The lowest BCUT2D eigenvalue weighted by Crippen LogP contribution is -2.32. The highest BCUT2D eigenvalue weighted by Crippen LogP contribution is 2.45. The number of anilines is 2. The molecule has 2 amide bonds. The zero-order chi connectivity index (χ0) is 23.8. The molecule has 2 aliphatic rings. The number of ether oxygens (including phenoxy) is 1. The molecular weight excluding hydrogens is 448 g/mol. The maximum absolute atomic E-state index is 13.7. The largest absolute Gasteiger partial charge is 0.373 e. The van der Waals surface area contributed by atoms with Crippen LogP contribution in [-0.2, 0) is 4.74 Å². The summed E-state index contributed by atoms with van der Waals surface area (Å²) in [7, 11) is 0. The number of hydrogen-bond acceptors (Lipinski definition) is 3. The molecule has 0 unspecified atom stereocenters. The molecule has 0 bridgehead atoms. The Bertz CT molecular complexity index is 1270. The molecule has 6 heteroatoms. The van der Waals surface area contributed by atoms with Crippen molar-refractivity contribution in [2.24, 2.45) is 5.92 Å². The number of nitrogens with one attached hydrogen (secondary N) is 1. The molecule has 5 nitrogen and oxygen atoms in total. The van der Waals surface area contributed by atoms with Crippen LogP contribution in [0.15, 0.2) is 60.7 Å². The van der Waals surface area contributed by atoms with Crippen molar-refractivity contribution in [1.29, 1.82) is 0 Å². The number of aryl methyl sites for hydroxylation is 2. The van der Waals surface area contributed by atoms with E-state index in [9.17, 15) is 9.59 Å². The number of halogens is 1. The van der Waals surface area contributed by atoms with Gasteiger partial charge in [-0.05, 0) is 86.2 Å². The van der Waals surface area contributed by atoms with E-state index in [2.05, 4.69) is 5.32 Å². The summed E-state index contributed by atoms with van der Waals surface area (Å²) in [4.78, 5) is 28.3. The van der Waals surface area contributed by atoms with Crippen molar-refractivity contribution < 1.29 is 14.3 Å². The molecule has 1 fully saturated rings. The molecule has 0 saturated carbocycles. The van der Waals surface area contributed by atoms with E-state index in [1.807, 2.05) is 61.2 Å². The Morgan fingerprint density at radius 2 is 1.79 bits per heavy atom. The van der Waals surface area contributed by atoms with E-state index in [-0.39, 0.29) is 17.9 Å². The molecule has 174 valence electrons. The maximum Gasteiger partial charge on any atom is 0.258 e. The van der Waals surface area contributed by atoms with Crippen molar-refractivity contribution in [2.45, 2.75) is 32.8 Å². The topological polar surface area (TPSA) is 58.6 Å². The van der Waals surface area contributed by atoms with Crippen LogP contribution in [0.2, 0.25) is 5.02 Å². The van der Waals surface area contributed by atoms with E-state index in [4.69, 9.17) is 16.3 Å². The van der Waals surface area contributed by atoms with Crippen LogP contribution in [0.3, 0.4) is 0 Å². The molecule has 3 aromatic rings. The summed E-state index contributed by atoms with van der Waals surface area (Å²) in [5.74, 6) is 0.161. The molecular formula is C28H27ClN2O3. The normalized spacial score (nSPS) is 19.2. The number of rotatable bonds is 3. The van der Waals surface area contributed by atoms with Crippen LogP contribution in [0.4, 0.5) is 11.4 Å². The minimum Gasteiger partial charge on any atom is -0.373 e. The average molecular weight is 475 g/mol. The first-order valence-corrected chi connectivity index (χ1v) is 12.0. The molecule has 2 atom stereocenters. The molecule has 0 aliphatic carbocycles. The van der Waals surface area contributed by atoms with Crippen molar-refractivity contribution in [1.82, 2.24) is 0 Å². The fourth-order valence-electron chi connectivity index (χ4n) is 5.05. The standard InChI is InChI=1S/C28H27ClN2O3/c1-17-5-3-4-6-22(17)27(32)30-21-8-9-23(18(2)15-21)28(33)31-13-11-19-12-14-34-26(19)24-16-20(29)7-10-25(24)31/h3-10,15-16,19,26H,11-14H2,1-2H3,(H,30,32)/t19-,26-/m1/s1. The van der Waals surface area contributed by atoms with E-state index in [1.165, 1.54) is 0 Å². The second-order valence-corrected chi connectivity index (χ2v) is 9.52. The summed E-state index contributed by atoms with van der Waals surface area (Å²) < 4.78 is 6.04. The van der Waals surface area contributed by atoms with Crippen molar-refractivity contribution in [3.63, 3.8) is 0 Å². The van der Waals surface area contributed by atoms with Gasteiger partial charge in [0.05, 0.1) is 6.10 Å². The number of nitrogens with zero attached hydrogens (tertiary/aromatic N) is 1. The zero-order valence-electron chi connectivity index (χ0n) is 19.3. The van der Waals surface area contributed by atoms with Gasteiger partial charge in [0.15, 0.2) is 0 Å². The lowest BCUT2D eigenvalue weighted by atomic mass is 9.93. The monoisotopic (exact) mass is 474 g/mol. The predicted molar refractivity (Wildman–Crippen MR) is 135 cm³/mol. The molecule has 5 rings (SSSR count). The Balaban J connectivity index is 1.41. The van der Waals surface area contributed by atoms with Gasteiger partial charge < -0.3 is 15.0 Å². The third-order valence-corrected chi connectivity index (χ3v) is 7.11. The van der Waals surface area contributed by atoms with Gasteiger partial charge in [0.25, 0.3) is 11.8 Å². The maximum atomic E-state index is 13.7. The average Bonchev–Trinajstić information content (AvgIpc) is 3.23. The molecule has 0 spiro atoms. The van der Waals surface area contributed by atoms with Gasteiger partial charge in [-0.1, -0.05) is 29.8 Å². The molecule has 2 aliphatic heterocycles. The molecule has 1 N–H and O–H groups in total. The first-order chi connectivity index (χ1) is 16.4. The van der Waals surface area contributed by atoms with Gasteiger partial charge in [-0.25, -0.2) is 0 Å². The Hall–Kier alpha value is -3.15. The lowest BCUT2D eigenvalue weighted by molar-refractivity contribution is 0.0912. The highest BCUT2D eigenvalue weighted by Gasteiger charge is 2.37. The second kappa shape index (κ2) is 9.24. The van der Waals surface area contributed by atoms with Crippen LogP contribution in [0.25, 0.3) is 0 Å².